The van der Waals surface area contributed by atoms with Crippen LogP contribution in [-0.4, -0.2) is 10.1 Å². The molecule has 0 fully saturated rings. The number of nitrogens with one attached hydrogen (secondary N) is 1. The molecule has 1 aromatic heterocycles. The number of rotatable bonds is 4. The normalized spacial score (nSPS) is 10.3. The number of halogens is 2. The molecule has 0 saturated heterocycles. The largest absolute Gasteiger partial charge is 0.437 e. The van der Waals surface area contributed by atoms with Crippen molar-refractivity contribution >= 4 is 29.0 Å². The summed E-state index contributed by atoms with van der Waals surface area (Å²) >= 11 is 11.9. The number of nitrogens with two attached hydrogens (primary N) is 1. The molecule has 0 amide bonds. The molecule has 19 heavy (non-hydrogen) atoms. The summed E-state index contributed by atoms with van der Waals surface area (Å²) < 4.78 is 5.57. The zero-order valence-electron chi connectivity index (χ0n) is 9.73. The van der Waals surface area contributed by atoms with E-state index in [1.807, 2.05) is 0 Å². The number of nitrogens with zero attached hydrogens (tertiary/aromatic N) is 1. The number of aliphatic hydroxyl groups is 1. The van der Waals surface area contributed by atoms with Crippen LogP contribution < -0.4 is 16.0 Å². The first-order valence-electron chi connectivity index (χ1n) is 5.35. The van der Waals surface area contributed by atoms with Crippen molar-refractivity contribution in [3.05, 3.63) is 45.9 Å². The second-order valence-electron chi connectivity index (χ2n) is 3.62. The number of hydrogen-bond donors (Lipinski definition) is 3. The summed E-state index contributed by atoms with van der Waals surface area (Å²) in [6, 6.07) is 8.49. The highest BCUT2D eigenvalue weighted by Gasteiger charge is 2.12. The first-order chi connectivity index (χ1) is 9.15. The van der Waals surface area contributed by atoms with E-state index in [1.54, 1.807) is 24.3 Å². The molecule has 0 aliphatic carbocycles. The predicted molar refractivity (Wildman–Crippen MR) is 74.5 cm³/mol. The number of hydrogen-bond acceptors (Lipinski definition) is 5. The zero-order valence-corrected chi connectivity index (χ0v) is 11.2. The molecular formula is C12H11Cl2N3O2. The van der Waals surface area contributed by atoms with E-state index >= 15 is 0 Å². The fourth-order valence-electron chi connectivity index (χ4n) is 1.46. The van der Waals surface area contributed by atoms with Crippen molar-refractivity contribution in [1.82, 2.24) is 4.98 Å². The van der Waals surface area contributed by atoms with Crippen LogP contribution in [-0.2, 0) is 6.61 Å². The summed E-state index contributed by atoms with van der Waals surface area (Å²) in [7, 11) is 0. The third-order valence-corrected chi connectivity index (χ3v) is 2.94. The van der Waals surface area contributed by atoms with Gasteiger partial charge < -0.3 is 15.3 Å². The zero-order chi connectivity index (χ0) is 13.8. The Balaban J connectivity index is 2.38. The van der Waals surface area contributed by atoms with Gasteiger partial charge >= 0.3 is 0 Å². The van der Waals surface area contributed by atoms with Gasteiger partial charge in [-0.15, -0.1) is 0 Å². The van der Waals surface area contributed by atoms with Crippen LogP contribution in [0.3, 0.4) is 0 Å². The Bertz CT molecular complexity index is 593. The van der Waals surface area contributed by atoms with Gasteiger partial charge in [0.15, 0.2) is 5.82 Å². The number of nitrogen functional groups attached to an aromatic ring is 1. The van der Waals surface area contributed by atoms with Crippen LogP contribution in [0, 0.1) is 0 Å². The Morgan fingerprint density at radius 2 is 2.00 bits per heavy atom. The molecule has 5 nitrogen and oxygen atoms in total. The third-order valence-electron chi connectivity index (χ3n) is 2.38. The fraction of sp³-hybridized carbons (Fsp3) is 0.0833. The van der Waals surface area contributed by atoms with Gasteiger partial charge in [0.1, 0.15) is 10.8 Å². The molecule has 1 aromatic carbocycles. The molecular weight excluding hydrogens is 289 g/mol. The Kier molecular flexibility index (Phi) is 4.44. The molecule has 0 saturated carbocycles. The van der Waals surface area contributed by atoms with Crippen LogP contribution in [0.4, 0.5) is 5.82 Å². The quantitative estimate of drug-likeness (QED) is 0.597. The monoisotopic (exact) mass is 299 g/mol. The van der Waals surface area contributed by atoms with Crippen LogP contribution in [0.15, 0.2) is 30.3 Å². The van der Waals surface area contributed by atoms with Crippen LogP contribution >= 0.6 is 23.2 Å². The number of aliphatic hydroxyl groups excluding tert-OH is 1. The summed E-state index contributed by atoms with van der Waals surface area (Å²) in [5.41, 5.74) is 2.97. The molecule has 0 atom stereocenters. The minimum absolute atomic E-state index is 0.149. The molecule has 2 rings (SSSR count). The van der Waals surface area contributed by atoms with Gasteiger partial charge in [0.2, 0.25) is 5.88 Å². The van der Waals surface area contributed by atoms with Crippen LogP contribution in [0.1, 0.15) is 5.56 Å². The van der Waals surface area contributed by atoms with Crippen molar-refractivity contribution in [2.24, 2.45) is 5.84 Å². The molecule has 0 bridgehead atoms. The maximum Gasteiger partial charge on any atom is 0.240 e. The first-order valence-corrected chi connectivity index (χ1v) is 6.10. The highest BCUT2D eigenvalue weighted by Crippen LogP contribution is 2.34. The molecule has 0 aliphatic rings. The van der Waals surface area contributed by atoms with Gasteiger partial charge in [-0.3, -0.25) is 0 Å². The third kappa shape index (κ3) is 3.08. The van der Waals surface area contributed by atoms with Gasteiger partial charge in [0, 0.05) is 5.56 Å². The molecule has 4 N–H and O–H groups in total. The lowest BCUT2D eigenvalue weighted by atomic mass is 10.2. The van der Waals surface area contributed by atoms with E-state index in [0.717, 1.165) is 0 Å². The summed E-state index contributed by atoms with van der Waals surface area (Å²) in [6.07, 6.45) is 0. The molecule has 0 radical (unpaired) electrons. The molecule has 0 aliphatic heterocycles. The number of anilines is 1. The highest BCUT2D eigenvalue weighted by molar-refractivity contribution is 6.36. The smallest absolute Gasteiger partial charge is 0.240 e. The number of aromatic nitrogens is 1. The summed E-state index contributed by atoms with van der Waals surface area (Å²) in [6.45, 7) is -0.149. The average Bonchev–Trinajstić information content (AvgIpc) is 2.42. The molecule has 7 heteroatoms. The van der Waals surface area contributed by atoms with Crippen molar-refractivity contribution in [3.63, 3.8) is 0 Å². The van der Waals surface area contributed by atoms with Gasteiger partial charge in [-0.2, -0.15) is 4.98 Å². The van der Waals surface area contributed by atoms with Crippen molar-refractivity contribution in [3.8, 4) is 11.6 Å². The van der Waals surface area contributed by atoms with Gasteiger partial charge in [-0.25, -0.2) is 5.84 Å². The second-order valence-corrected chi connectivity index (χ2v) is 4.43. The first kappa shape index (κ1) is 13.9. The van der Waals surface area contributed by atoms with Crippen LogP contribution in [0.25, 0.3) is 0 Å². The lowest BCUT2D eigenvalue weighted by Gasteiger charge is -2.11. The molecule has 2 aromatic rings. The van der Waals surface area contributed by atoms with E-state index in [0.29, 0.717) is 11.3 Å². The summed E-state index contributed by atoms with van der Waals surface area (Å²) in [4.78, 5) is 4.06. The van der Waals surface area contributed by atoms with E-state index in [1.165, 1.54) is 6.07 Å². The molecule has 0 spiro atoms. The van der Waals surface area contributed by atoms with Gasteiger partial charge in [-0.1, -0.05) is 41.4 Å². The molecule has 0 unspecified atom stereocenters. The topological polar surface area (TPSA) is 80.4 Å². The van der Waals surface area contributed by atoms with E-state index < -0.39 is 0 Å². The Morgan fingerprint density at radius 3 is 2.68 bits per heavy atom. The fourth-order valence-corrected chi connectivity index (χ4v) is 1.91. The number of benzene rings is 1. The number of ether oxygens (including phenoxy) is 1. The second kappa shape index (κ2) is 6.08. The minimum atomic E-state index is -0.149. The van der Waals surface area contributed by atoms with E-state index in [-0.39, 0.29) is 28.3 Å². The van der Waals surface area contributed by atoms with E-state index in [2.05, 4.69) is 10.4 Å². The minimum Gasteiger partial charge on any atom is -0.437 e. The van der Waals surface area contributed by atoms with Crippen molar-refractivity contribution in [2.75, 3.05) is 5.43 Å². The summed E-state index contributed by atoms with van der Waals surface area (Å²) in [5, 5.41) is 9.76. The Hall–Kier alpha value is -1.53. The maximum absolute atomic E-state index is 9.22. The van der Waals surface area contributed by atoms with Gasteiger partial charge in [0.25, 0.3) is 0 Å². The summed E-state index contributed by atoms with van der Waals surface area (Å²) in [5.74, 6) is 6.15. The Morgan fingerprint density at radius 1 is 1.26 bits per heavy atom. The maximum atomic E-state index is 9.22. The lowest BCUT2D eigenvalue weighted by Crippen LogP contribution is -2.09. The van der Waals surface area contributed by atoms with Crippen molar-refractivity contribution in [2.45, 2.75) is 6.61 Å². The number of pyridine rings is 1. The molecule has 1 heterocycles. The number of hydrazine groups is 1. The van der Waals surface area contributed by atoms with Gasteiger partial charge in [-0.05, 0) is 12.1 Å². The van der Waals surface area contributed by atoms with E-state index in [9.17, 15) is 5.11 Å². The van der Waals surface area contributed by atoms with Crippen molar-refractivity contribution in [1.29, 1.82) is 0 Å². The average molecular weight is 300 g/mol. The standard InChI is InChI=1S/C12H11Cl2N3O2/c13-8-5-9(14)12(16-11(8)17-15)19-10-4-2-1-3-7(10)6-18/h1-5,18H,6,15H2,(H,16,17). The molecule has 100 valence electrons. The van der Waals surface area contributed by atoms with Crippen LogP contribution in [0.2, 0.25) is 10.0 Å². The van der Waals surface area contributed by atoms with Crippen LogP contribution in [0.5, 0.6) is 11.6 Å². The van der Waals surface area contributed by atoms with E-state index in [4.69, 9.17) is 33.8 Å². The lowest BCUT2D eigenvalue weighted by molar-refractivity contribution is 0.276. The predicted octanol–water partition coefficient (Wildman–Crippen LogP) is 2.96. The Labute approximate surface area is 119 Å². The van der Waals surface area contributed by atoms with Gasteiger partial charge in [0.05, 0.1) is 11.6 Å². The van der Waals surface area contributed by atoms with Crippen molar-refractivity contribution < 1.29 is 9.84 Å². The number of para-hydroxylation sites is 1. The highest BCUT2D eigenvalue weighted by atomic mass is 35.5. The SMILES string of the molecule is NNc1nc(Oc2ccccc2CO)c(Cl)cc1Cl.